The Morgan fingerprint density at radius 2 is 2.24 bits per heavy atom. The van der Waals surface area contributed by atoms with Crippen LogP contribution in [-0.4, -0.2) is 40.1 Å². The third-order valence-corrected chi connectivity index (χ3v) is 3.95. The van der Waals surface area contributed by atoms with Crippen molar-refractivity contribution in [2.45, 2.75) is 19.4 Å². The van der Waals surface area contributed by atoms with Gasteiger partial charge in [0.2, 0.25) is 0 Å². The van der Waals surface area contributed by atoms with Crippen LogP contribution in [0.1, 0.15) is 23.8 Å². The van der Waals surface area contributed by atoms with Crippen molar-refractivity contribution >= 4 is 5.91 Å². The minimum atomic E-state index is -0.0949. The average molecular weight is 286 g/mol. The third kappa shape index (κ3) is 2.67. The summed E-state index contributed by atoms with van der Waals surface area (Å²) in [6.45, 7) is 3.33. The number of carbonyl (C=O) groups is 1. The number of amides is 1. The molecular formula is C15H18N4O2. The lowest BCUT2D eigenvalue weighted by molar-refractivity contribution is 0.0733. The normalized spacial score (nSPS) is 21.7. The number of hydrogen-bond acceptors (Lipinski definition) is 5. The second-order valence-electron chi connectivity index (χ2n) is 5.46. The highest BCUT2D eigenvalue weighted by Crippen LogP contribution is 2.25. The molecule has 0 saturated carbocycles. The summed E-state index contributed by atoms with van der Waals surface area (Å²) in [6.07, 6.45) is 4.29. The smallest absolute Gasteiger partial charge is 0.276 e. The zero-order valence-corrected chi connectivity index (χ0v) is 11.9. The molecule has 0 aromatic carbocycles. The molecule has 1 fully saturated rings. The molecule has 0 spiro atoms. The van der Waals surface area contributed by atoms with Crippen LogP contribution in [0.4, 0.5) is 0 Å². The van der Waals surface area contributed by atoms with Crippen molar-refractivity contribution in [3.8, 4) is 11.3 Å². The molecule has 1 aliphatic rings. The maximum absolute atomic E-state index is 12.5. The predicted octanol–water partition coefficient (Wildman–Crippen LogP) is 1.55. The quantitative estimate of drug-likeness (QED) is 0.925. The monoisotopic (exact) mass is 286 g/mol. The summed E-state index contributed by atoms with van der Waals surface area (Å²) in [5.74, 6) is 0.848. The lowest BCUT2D eigenvalue weighted by atomic mass is 10.1. The summed E-state index contributed by atoms with van der Waals surface area (Å²) >= 11 is 0. The molecule has 0 bridgehead atoms. The first-order valence-corrected chi connectivity index (χ1v) is 7.07. The van der Waals surface area contributed by atoms with E-state index in [1.165, 1.54) is 0 Å². The van der Waals surface area contributed by atoms with Gasteiger partial charge in [-0.3, -0.25) is 9.78 Å². The van der Waals surface area contributed by atoms with Crippen molar-refractivity contribution in [3.05, 3.63) is 36.3 Å². The van der Waals surface area contributed by atoms with Gasteiger partial charge in [-0.25, -0.2) is 0 Å². The lowest BCUT2D eigenvalue weighted by Gasteiger charge is -2.19. The van der Waals surface area contributed by atoms with Gasteiger partial charge in [0.05, 0.1) is 0 Å². The Morgan fingerprint density at radius 1 is 1.48 bits per heavy atom. The Morgan fingerprint density at radius 3 is 2.90 bits per heavy atom. The number of rotatable bonds is 3. The van der Waals surface area contributed by atoms with Crippen LogP contribution in [0.5, 0.6) is 0 Å². The van der Waals surface area contributed by atoms with E-state index in [1.807, 2.05) is 24.0 Å². The fourth-order valence-corrected chi connectivity index (χ4v) is 2.77. The van der Waals surface area contributed by atoms with Gasteiger partial charge in [0.25, 0.3) is 5.91 Å². The van der Waals surface area contributed by atoms with E-state index in [1.54, 1.807) is 18.5 Å². The van der Waals surface area contributed by atoms with Crippen molar-refractivity contribution in [1.82, 2.24) is 15.0 Å². The first-order valence-electron chi connectivity index (χ1n) is 7.07. The first-order chi connectivity index (χ1) is 10.2. The highest BCUT2D eigenvalue weighted by Gasteiger charge is 2.33. The third-order valence-electron chi connectivity index (χ3n) is 3.95. The van der Waals surface area contributed by atoms with E-state index in [2.05, 4.69) is 10.1 Å². The summed E-state index contributed by atoms with van der Waals surface area (Å²) in [7, 11) is 0. The molecule has 1 saturated heterocycles. The van der Waals surface area contributed by atoms with Crippen LogP contribution >= 0.6 is 0 Å². The number of carbonyl (C=O) groups excluding carboxylic acids is 1. The molecule has 1 amide bonds. The van der Waals surface area contributed by atoms with Crippen molar-refractivity contribution in [2.75, 3.05) is 13.1 Å². The SMILES string of the molecule is CC1CC(CN)CN1C(=O)c1cc(-c2ccncc2)on1. The van der Waals surface area contributed by atoms with Gasteiger partial charge < -0.3 is 15.2 Å². The molecule has 21 heavy (non-hydrogen) atoms. The van der Waals surface area contributed by atoms with Gasteiger partial charge in [-0.1, -0.05) is 5.16 Å². The van der Waals surface area contributed by atoms with Crippen LogP contribution in [-0.2, 0) is 0 Å². The van der Waals surface area contributed by atoms with Gasteiger partial charge in [-0.05, 0) is 37.9 Å². The fraction of sp³-hybridized carbons (Fsp3) is 0.400. The minimum absolute atomic E-state index is 0.0949. The van der Waals surface area contributed by atoms with Crippen LogP contribution in [0.3, 0.4) is 0 Å². The summed E-state index contributed by atoms with van der Waals surface area (Å²) in [6, 6.07) is 5.50. The van der Waals surface area contributed by atoms with Gasteiger partial charge in [0.15, 0.2) is 11.5 Å². The van der Waals surface area contributed by atoms with Crippen molar-refractivity contribution in [3.63, 3.8) is 0 Å². The second-order valence-corrected chi connectivity index (χ2v) is 5.46. The van der Waals surface area contributed by atoms with Gasteiger partial charge in [-0.15, -0.1) is 0 Å². The number of pyridine rings is 1. The molecule has 6 heteroatoms. The number of aromatic nitrogens is 2. The van der Waals surface area contributed by atoms with E-state index in [9.17, 15) is 4.79 Å². The average Bonchev–Trinajstić information content (AvgIpc) is 3.14. The van der Waals surface area contributed by atoms with E-state index < -0.39 is 0 Å². The molecule has 3 heterocycles. The van der Waals surface area contributed by atoms with Gasteiger partial charge >= 0.3 is 0 Å². The zero-order valence-electron chi connectivity index (χ0n) is 11.9. The Labute approximate surface area is 122 Å². The van der Waals surface area contributed by atoms with Crippen molar-refractivity contribution in [2.24, 2.45) is 11.7 Å². The predicted molar refractivity (Wildman–Crippen MR) is 77.4 cm³/mol. The maximum atomic E-state index is 12.5. The summed E-state index contributed by atoms with van der Waals surface area (Å²) in [4.78, 5) is 18.3. The fourth-order valence-electron chi connectivity index (χ4n) is 2.77. The molecule has 2 aromatic rings. The van der Waals surface area contributed by atoms with E-state index >= 15 is 0 Å². The molecule has 0 radical (unpaired) electrons. The number of nitrogens with two attached hydrogens (primary N) is 1. The zero-order chi connectivity index (χ0) is 14.8. The van der Waals surface area contributed by atoms with E-state index in [0.29, 0.717) is 30.5 Å². The largest absolute Gasteiger partial charge is 0.355 e. The van der Waals surface area contributed by atoms with Crippen molar-refractivity contribution in [1.29, 1.82) is 0 Å². The van der Waals surface area contributed by atoms with Crippen molar-refractivity contribution < 1.29 is 9.32 Å². The van der Waals surface area contributed by atoms with Crippen LogP contribution in [0.2, 0.25) is 0 Å². The number of nitrogens with zero attached hydrogens (tertiary/aromatic N) is 3. The Hall–Kier alpha value is -2.21. The van der Waals surface area contributed by atoms with Gasteiger partial charge in [0.1, 0.15) is 0 Å². The summed E-state index contributed by atoms with van der Waals surface area (Å²) in [5.41, 5.74) is 6.89. The standard InChI is InChI=1S/C15H18N4O2/c1-10-6-11(8-16)9-19(10)15(20)13-7-14(21-18-13)12-2-4-17-5-3-12/h2-5,7,10-11H,6,8-9,16H2,1H3. The first kappa shape index (κ1) is 13.8. The maximum Gasteiger partial charge on any atom is 0.276 e. The van der Waals surface area contributed by atoms with E-state index in [-0.39, 0.29) is 11.9 Å². The Balaban J connectivity index is 1.79. The molecule has 2 aromatic heterocycles. The van der Waals surface area contributed by atoms with Gasteiger partial charge in [0, 0.05) is 36.6 Å². The molecular weight excluding hydrogens is 268 g/mol. The molecule has 2 unspecified atom stereocenters. The summed E-state index contributed by atoms with van der Waals surface area (Å²) in [5, 5.41) is 3.90. The molecule has 0 aliphatic carbocycles. The minimum Gasteiger partial charge on any atom is -0.355 e. The highest BCUT2D eigenvalue weighted by molar-refractivity contribution is 5.93. The number of likely N-dealkylation sites (tertiary alicyclic amines) is 1. The van der Waals surface area contributed by atoms with Crippen LogP contribution < -0.4 is 5.73 Å². The Bertz CT molecular complexity index is 626. The molecule has 2 atom stereocenters. The highest BCUT2D eigenvalue weighted by atomic mass is 16.5. The van der Waals surface area contributed by atoms with Crippen LogP contribution in [0.15, 0.2) is 35.1 Å². The van der Waals surface area contributed by atoms with Gasteiger partial charge in [-0.2, -0.15) is 0 Å². The van der Waals surface area contributed by atoms with Crippen LogP contribution in [0.25, 0.3) is 11.3 Å². The van der Waals surface area contributed by atoms with E-state index in [4.69, 9.17) is 10.3 Å². The molecule has 2 N–H and O–H groups in total. The molecule has 1 aliphatic heterocycles. The van der Waals surface area contributed by atoms with E-state index in [0.717, 1.165) is 12.0 Å². The molecule has 3 rings (SSSR count). The number of hydrogen-bond donors (Lipinski definition) is 1. The second kappa shape index (κ2) is 5.65. The Kier molecular flexibility index (Phi) is 3.70. The van der Waals surface area contributed by atoms with Crippen LogP contribution in [0, 0.1) is 5.92 Å². The summed E-state index contributed by atoms with van der Waals surface area (Å²) < 4.78 is 5.27. The molecule has 6 nitrogen and oxygen atoms in total. The topological polar surface area (TPSA) is 85.2 Å². The lowest BCUT2D eigenvalue weighted by Crippen LogP contribution is -2.34. The molecule has 110 valence electrons.